The van der Waals surface area contributed by atoms with Crippen LogP contribution in [0.5, 0.6) is 0 Å². The van der Waals surface area contributed by atoms with Crippen molar-refractivity contribution in [1.29, 1.82) is 0 Å². The van der Waals surface area contributed by atoms with Gasteiger partial charge in [0.15, 0.2) is 0 Å². The highest BCUT2D eigenvalue weighted by Gasteiger charge is 2.51. The quantitative estimate of drug-likeness (QED) is 0.406. The average molecular weight is 353 g/mol. The maximum absolute atomic E-state index is 11.7. The molecule has 2 aromatic carbocycles. The molecule has 0 aromatic heterocycles. The zero-order chi connectivity index (χ0) is 18.3. The maximum atomic E-state index is 11.7. The van der Waals surface area contributed by atoms with E-state index in [1.165, 1.54) is 10.4 Å². The molecule has 0 spiro atoms. The molecule has 0 aliphatic heterocycles. The molecule has 0 N–H and O–H groups in total. The summed E-state index contributed by atoms with van der Waals surface area (Å²) in [7, 11) is -2.65. The molecule has 132 valence electrons. The average Bonchev–Trinajstić information content (AvgIpc) is 2.62. The number of hydrogen-bond acceptors (Lipinski definition) is 2. The van der Waals surface area contributed by atoms with Gasteiger partial charge in [-0.2, -0.15) is 0 Å². The molecular formula is C22H28O2Si. The summed E-state index contributed by atoms with van der Waals surface area (Å²) in [6.45, 7) is 10.4. The largest absolute Gasteiger partial charge is 0.398 e. The number of hydrogen-bond donors (Lipinski definition) is 0. The fraction of sp³-hybridized carbons (Fsp3) is 0.318. The molecule has 0 heterocycles. The predicted molar refractivity (Wildman–Crippen MR) is 108 cm³/mol. The molecule has 0 amide bonds. The Morgan fingerprint density at radius 1 is 1.00 bits per heavy atom. The van der Waals surface area contributed by atoms with Crippen LogP contribution in [0.4, 0.5) is 0 Å². The highest BCUT2D eigenvalue weighted by Crippen LogP contribution is 2.37. The SMILES string of the molecule is C=CCCC(C=O)O[Si](c1ccccc1)(c1ccccc1)C(C)(C)C. The van der Waals surface area contributed by atoms with E-state index in [1.54, 1.807) is 0 Å². The molecule has 0 bridgehead atoms. The van der Waals surface area contributed by atoms with Gasteiger partial charge in [0, 0.05) is 0 Å². The molecule has 2 aromatic rings. The second-order valence-electron chi connectivity index (χ2n) is 7.32. The van der Waals surface area contributed by atoms with E-state index in [0.29, 0.717) is 6.42 Å². The van der Waals surface area contributed by atoms with Crippen molar-refractivity contribution in [3.8, 4) is 0 Å². The molecule has 0 aliphatic rings. The number of rotatable bonds is 8. The van der Waals surface area contributed by atoms with E-state index in [-0.39, 0.29) is 5.04 Å². The first-order valence-electron chi connectivity index (χ1n) is 8.80. The fourth-order valence-corrected chi connectivity index (χ4v) is 8.00. The third-order valence-corrected chi connectivity index (χ3v) is 9.61. The second kappa shape index (κ2) is 8.41. The van der Waals surface area contributed by atoms with Crippen molar-refractivity contribution in [3.05, 3.63) is 73.3 Å². The van der Waals surface area contributed by atoms with E-state index in [0.717, 1.165) is 12.7 Å². The third kappa shape index (κ3) is 4.17. The standard InChI is InChI=1S/C22H28O2Si/c1-5-6-13-19(18-23)24-25(22(2,3)4,20-14-9-7-10-15-20)21-16-11-8-12-17-21/h5,7-12,14-19H,1,6,13H2,2-4H3. The van der Waals surface area contributed by atoms with Gasteiger partial charge in [0.1, 0.15) is 12.4 Å². The van der Waals surface area contributed by atoms with Crippen LogP contribution in [0, 0.1) is 0 Å². The van der Waals surface area contributed by atoms with E-state index in [4.69, 9.17) is 4.43 Å². The van der Waals surface area contributed by atoms with Crippen molar-refractivity contribution >= 4 is 25.0 Å². The van der Waals surface area contributed by atoms with Crippen LogP contribution >= 0.6 is 0 Å². The van der Waals surface area contributed by atoms with Gasteiger partial charge >= 0.3 is 0 Å². The Balaban J connectivity index is 2.63. The summed E-state index contributed by atoms with van der Waals surface area (Å²) in [5, 5.41) is 2.27. The second-order valence-corrected chi connectivity index (χ2v) is 11.6. The zero-order valence-corrected chi connectivity index (χ0v) is 16.4. The first-order valence-corrected chi connectivity index (χ1v) is 10.7. The van der Waals surface area contributed by atoms with Crippen molar-refractivity contribution in [2.24, 2.45) is 0 Å². The monoisotopic (exact) mass is 352 g/mol. The number of carbonyl (C=O) groups excluding carboxylic acids is 1. The van der Waals surface area contributed by atoms with E-state index in [9.17, 15) is 4.79 Å². The molecule has 0 aliphatic carbocycles. The van der Waals surface area contributed by atoms with Crippen LogP contribution in [0.25, 0.3) is 0 Å². The molecule has 0 saturated carbocycles. The van der Waals surface area contributed by atoms with Gasteiger partial charge in [-0.3, -0.25) is 0 Å². The van der Waals surface area contributed by atoms with Crippen molar-refractivity contribution in [2.45, 2.75) is 44.8 Å². The van der Waals surface area contributed by atoms with Crippen molar-refractivity contribution in [3.63, 3.8) is 0 Å². The first kappa shape index (κ1) is 19.4. The van der Waals surface area contributed by atoms with E-state index >= 15 is 0 Å². The van der Waals surface area contributed by atoms with Crippen molar-refractivity contribution in [1.82, 2.24) is 0 Å². The van der Waals surface area contributed by atoms with Gasteiger partial charge in [-0.1, -0.05) is 87.5 Å². The van der Waals surface area contributed by atoms with Gasteiger partial charge in [-0.25, -0.2) is 0 Å². The molecule has 25 heavy (non-hydrogen) atoms. The smallest absolute Gasteiger partial charge is 0.262 e. The van der Waals surface area contributed by atoms with Crippen LogP contribution in [0.1, 0.15) is 33.6 Å². The molecule has 0 saturated heterocycles. The highest BCUT2D eigenvalue weighted by molar-refractivity contribution is 6.99. The predicted octanol–water partition coefficient (Wildman–Crippen LogP) is 4.10. The van der Waals surface area contributed by atoms with Gasteiger partial charge in [0.2, 0.25) is 0 Å². The Kier molecular flexibility index (Phi) is 6.51. The third-order valence-electron chi connectivity index (χ3n) is 4.55. The van der Waals surface area contributed by atoms with Gasteiger partial charge in [0.25, 0.3) is 8.32 Å². The van der Waals surface area contributed by atoms with Crippen molar-refractivity contribution < 1.29 is 9.22 Å². The summed E-state index contributed by atoms with van der Waals surface area (Å²) in [5.74, 6) is 0. The van der Waals surface area contributed by atoms with E-state index in [1.807, 2.05) is 18.2 Å². The van der Waals surface area contributed by atoms with Crippen LogP contribution < -0.4 is 10.4 Å². The molecule has 0 fully saturated rings. The number of aldehydes is 1. The summed E-state index contributed by atoms with van der Waals surface area (Å²) in [6, 6.07) is 20.8. The Morgan fingerprint density at radius 3 is 1.84 bits per heavy atom. The number of carbonyl (C=O) groups is 1. The first-order chi connectivity index (χ1) is 12.0. The van der Waals surface area contributed by atoms with Crippen LogP contribution in [0.3, 0.4) is 0 Å². The lowest BCUT2D eigenvalue weighted by Gasteiger charge is -2.44. The summed E-state index contributed by atoms with van der Waals surface area (Å²) in [5.41, 5.74) is 0. The molecule has 1 unspecified atom stereocenters. The number of benzene rings is 2. The van der Waals surface area contributed by atoms with E-state index in [2.05, 4.69) is 75.9 Å². The molecule has 1 atom stereocenters. The lowest BCUT2D eigenvalue weighted by atomic mass is 10.2. The molecule has 3 heteroatoms. The van der Waals surface area contributed by atoms with Crippen molar-refractivity contribution in [2.75, 3.05) is 0 Å². The molecular weight excluding hydrogens is 324 g/mol. The summed E-state index contributed by atoms with van der Waals surface area (Å²) in [6.07, 6.45) is 3.79. The maximum Gasteiger partial charge on any atom is 0.262 e. The zero-order valence-electron chi connectivity index (χ0n) is 15.4. The summed E-state index contributed by atoms with van der Waals surface area (Å²) >= 11 is 0. The molecule has 2 nitrogen and oxygen atoms in total. The normalized spacial score (nSPS) is 13.2. The molecule has 0 radical (unpaired) electrons. The Labute approximate surface area is 152 Å². The van der Waals surface area contributed by atoms with E-state index < -0.39 is 14.4 Å². The number of allylic oxidation sites excluding steroid dienone is 1. The molecule has 2 rings (SSSR count). The Morgan fingerprint density at radius 2 is 1.48 bits per heavy atom. The van der Waals surface area contributed by atoms with Gasteiger partial charge in [0.05, 0.1) is 0 Å². The lowest BCUT2D eigenvalue weighted by Crippen LogP contribution is -2.67. The van der Waals surface area contributed by atoms with Crippen LogP contribution in [-0.2, 0) is 9.22 Å². The highest BCUT2D eigenvalue weighted by atomic mass is 28.4. The minimum absolute atomic E-state index is 0.120. The topological polar surface area (TPSA) is 26.3 Å². The van der Waals surface area contributed by atoms with Crippen LogP contribution in [-0.4, -0.2) is 20.7 Å². The lowest BCUT2D eigenvalue weighted by molar-refractivity contribution is -0.114. The van der Waals surface area contributed by atoms with Crippen LogP contribution in [0.15, 0.2) is 73.3 Å². The Bertz CT molecular complexity index is 635. The van der Waals surface area contributed by atoms with Gasteiger partial charge in [-0.15, -0.1) is 6.58 Å². The van der Waals surface area contributed by atoms with Gasteiger partial charge in [-0.05, 0) is 28.3 Å². The van der Waals surface area contributed by atoms with Crippen LogP contribution in [0.2, 0.25) is 5.04 Å². The summed E-state index contributed by atoms with van der Waals surface area (Å²) in [4.78, 5) is 11.7. The minimum Gasteiger partial charge on any atom is -0.398 e. The Hall–Kier alpha value is -1.97. The fourth-order valence-electron chi connectivity index (χ4n) is 3.36. The minimum atomic E-state index is -2.65. The van der Waals surface area contributed by atoms with Gasteiger partial charge < -0.3 is 9.22 Å². The summed E-state index contributed by atoms with van der Waals surface area (Å²) < 4.78 is 6.75.